The summed E-state index contributed by atoms with van der Waals surface area (Å²) in [6.45, 7) is 0. The Balaban J connectivity index is 1.92. The highest BCUT2D eigenvalue weighted by molar-refractivity contribution is 7.99. The minimum absolute atomic E-state index is 0.122. The van der Waals surface area contributed by atoms with E-state index in [0.29, 0.717) is 5.25 Å². The van der Waals surface area contributed by atoms with Crippen LogP contribution in [-0.4, -0.2) is 23.6 Å². The summed E-state index contributed by atoms with van der Waals surface area (Å²) in [6.07, 6.45) is 4.40. The fourth-order valence-corrected chi connectivity index (χ4v) is 3.61. The topological polar surface area (TPSA) is 29.5 Å². The van der Waals surface area contributed by atoms with E-state index >= 15 is 0 Å². The molecular weight excluding hydrogens is 232 g/mol. The number of aliphatic hydroxyl groups is 1. The van der Waals surface area contributed by atoms with E-state index in [1.54, 1.807) is 7.11 Å². The van der Waals surface area contributed by atoms with Gasteiger partial charge in [-0.2, -0.15) is 11.8 Å². The van der Waals surface area contributed by atoms with Gasteiger partial charge in [0.1, 0.15) is 5.75 Å². The first-order chi connectivity index (χ1) is 8.31. The Morgan fingerprint density at radius 1 is 1.29 bits per heavy atom. The molecule has 3 heteroatoms. The molecule has 0 bridgehead atoms. The summed E-state index contributed by atoms with van der Waals surface area (Å²) in [5.41, 5.74) is 1.22. The second-order valence-corrected chi connectivity index (χ2v) is 5.74. The minimum Gasteiger partial charge on any atom is -0.496 e. The molecule has 0 radical (unpaired) electrons. The van der Waals surface area contributed by atoms with Gasteiger partial charge in [-0.05, 0) is 18.9 Å². The molecule has 1 N–H and O–H groups in total. The zero-order valence-corrected chi connectivity index (χ0v) is 11.1. The zero-order valence-electron chi connectivity index (χ0n) is 10.3. The maximum Gasteiger partial charge on any atom is 0.122 e. The standard InChI is InChI=1S/C14H20O2S/c1-16-13-8-4-2-6-11(13)10-17-14-9-5-3-7-12(14)15/h2,4,6,8,12,14-15H,3,5,7,9-10H2,1H3. The number of hydrogen-bond acceptors (Lipinski definition) is 3. The highest BCUT2D eigenvalue weighted by Gasteiger charge is 2.23. The highest BCUT2D eigenvalue weighted by atomic mass is 32.2. The molecule has 1 aliphatic rings. The molecule has 2 nitrogen and oxygen atoms in total. The quantitative estimate of drug-likeness (QED) is 0.892. The lowest BCUT2D eigenvalue weighted by Gasteiger charge is -2.27. The normalized spacial score (nSPS) is 24.6. The Morgan fingerprint density at radius 3 is 2.82 bits per heavy atom. The first kappa shape index (κ1) is 12.8. The number of thioether (sulfide) groups is 1. The molecular formula is C14H20O2S. The third kappa shape index (κ3) is 3.39. The molecule has 1 fully saturated rings. The van der Waals surface area contributed by atoms with Gasteiger partial charge in [-0.1, -0.05) is 31.0 Å². The molecule has 0 saturated heterocycles. The molecule has 1 saturated carbocycles. The molecule has 1 aliphatic carbocycles. The summed E-state index contributed by atoms with van der Waals surface area (Å²) >= 11 is 1.86. The van der Waals surface area contributed by atoms with Crippen molar-refractivity contribution in [1.29, 1.82) is 0 Å². The highest BCUT2D eigenvalue weighted by Crippen LogP contribution is 2.32. The molecule has 1 aromatic rings. The van der Waals surface area contributed by atoms with Gasteiger partial charge in [-0.15, -0.1) is 0 Å². The maximum atomic E-state index is 9.92. The van der Waals surface area contributed by atoms with Crippen LogP contribution in [0.1, 0.15) is 31.2 Å². The van der Waals surface area contributed by atoms with Gasteiger partial charge in [-0.25, -0.2) is 0 Å². The third-order valence-electron chi connectivity index (χ3n) is 3.31. The molecule has 17 heavy (non-hydrogen) atoms. The Labute approximate surface area is 107 Å². The molecule has 2 atom stereocenters. The summed E-state index contributed by atoms with van der Waals surface area (Å²) in [5, 5.41) is 10.3. The van der Waals surface area contributed by atoms with Crippen molar-refractivity contribution in [2.75, 3.05) is 7.11 Å². The SMILES string of the molecule is COc1ccccc1CSC1CCCCC1O. The fourth-order valence-electron chi connectivity index (χ4n) is 2.29. The molecule has 0 aliphatic heterocycles. The van der Waals surface area contributed by atoms with Gasteiger partial charge in [0.2, 0.25) is 0 Å². The number of rotatable bonds is 4. The van der Waals surface area contributed by atoms with Crippen LogP contribution in [0.2, 0.25) is 0 Å². The van der Waals surface area contributed by atoms with Crippen molar-refractivity contribution < 1.29 is 9.84 Å². The van der Waals surface area contributed by atoms with E-state index in [9.17, 15) is 5.11 Å². The maximum absolute atomic E-state index is 9.92. The van der Waals surface area contributed by atoms with Crippen LogP contribution in [0.4, 0.5) is 0 Å². The van der Waals surface area contributed by atoms with Gasteiger partial charge in [0.05, 0.1) is 13.2 Å². The summed E-state index contributed by atoms with van der Waals surface area (Å²) < 4.78 is 5.34. The predicted octanol–water partition coefficient (Wildman–Crippen LogP) is 3.23. The molecule has 2 rings (SSSR count). The average molecular weight is 252 g/mol. The van der Waals surface area contributed by atoms with Gasteiger partial charge < -0.3 is 9.84 Å². The Kier molecular flexibility index (Phi) is 4.75. The molecule has 0 heterocycles. The van der Waals surface area contributed by atoms with Gasteiger partial charge in [-0.3, -0.25) is 0 Å². The van der Waals surface area contributed by atoms with Crippen LogP contribution in [0.5, 0.6) is 5.75 Å². The zero-order chi connectivity index (χ0) is 12.1. The fraction of sp³-hybridized carbons (Fsp3) is 0.571. The van der Waals surface area contributed by atoms with Crippen molar-refractivity contribution in [2.24, 2.45) is 0 Å². The number of methoxy groups -OCH3 is 1. The van der Waals surface area contributed by atoms with Crippen molar-refractivity contribution in [3.8, 4) is 5.75 Å². The Bertz CT molecular complexity index is 354. The number of benzene rings is 1. The van der Waals surface area contributed by atoms with E-state index in [2.05, 4.69) is 6.07 Å². The average Bonchev–Trinajstić information content (AvgIpc) is 2.38. The van der Waals surface area contributed by atoms with Crippen molar-refractivity contribution in [3.63, 3.8) is 0 Å². The molecule has 94 valence electrons. The number of para-hydroxylation sites is 1. The van der Waals surface area contributed by atoms with E-state index in [0.717, 1.165) is 24.3 Å². The van der Waals surface area contributed by atoms with E-state index in [1.807, 2.05) is 30.0 Å². The minimum atomic E-state index is -0.122. The number of ether oxygens (including phenoxy) is 1. The van der Waals surface area contributed by atoms with Gasteiger partial charge in [0.25, 0.3) is 0 Å². The lowest BCUT2D eigenvalue weighted by atomic mass is 9.97. The summed E-state index contributed by atoms with van der Waals surface area (Å²) in [7, 11) is 1.71. The lowest BCUT2D eigenvalue weighted by Crippen LogP contribution is -2.26. The van der Waals surface area contributed by atoms with Crippen LogP contribution in [0.15, 0.2) is 24.3 Å². The third-order valence-corrected chi connectivity index (χ3v) is 4.77. The summed E-state index contributed by atoms with van der Waals surface area (Å²) in [6, 6.07) is 8.12. The first-order valence-corrected chi connectivity index (χ1v) is 7.27. The largest absolute Gasteiger partial charge is 0.496 e. The van der Waals surface area contributed by atoms with E-state index in [1.165, 1.54) is 18.4 Å². The molecule has 0 amide bonds. The van der Waals surface area contributed by atoms with E-state index < -0.39 is 0 Å². The summed E-state index contributed by atoms with van der Waals surface area (Å²) in [5.74, 6) is 1.87. The smallest absolute Gasteiger partial charge is 0.122 e. The van der Waals surface area contributed by atoms with E-state index in [4.69, 9.17) is 4.74 Å². The van der Waals surface area contributed by atoms with Crippen molar-refractivity contribution in [1.82, 2.24) is 0 Å². The van der Waals surface area contributed by atoms with Crippen LogP contribution < -0.4 is 4.74 Å². The van der Waals surface area contributed by atoms with Crippen LogP contribution in [0.25, 0.3) is 0 Å². The predicted molar refractivity (Wildman–Crippen MR) is 72.6 cm³/mol. The van der Waals surface area contributed by atoms with Crippen LogP contribution in [0.3, 0.4) is 0 Å². The Hall–Kier alpha value is -0.670. The molecule has 0 aromatic heterocycles. The van der Waals surface area contributed by atoms with Crippen LogP contribution in [-0.2, 0) is 5.75 Å². The van der Waals surface area contributed by atoms with Gasteiger partial charge >= 0.3 is 0 Å². The Morgan fingerprint density at radius 2 is 2.06 bits per heavy atom. The van der Waals surface area contributed by atoms with Gasteiger partial charge in [0, 0.05) is 16.6 Å². The van der Waals surface area contributed by atoms with Crippen molar-refractivity contribution >= 4 is 11.8 Å². The number of hydrogen-bond donors (Lipinski definition) is 1. The molecule has 2 unspecified atom stereocenters. The van der Waals surface area contributed by atoms with Gasteiger partial charge in [0.15, 0.2) is 0 Å². The van der Waals surface area contributed by atoms with Crippen molar-refractivity contribution in [2.45, 2.75) is 42.8 Å². The van der Waals surface area contributed by atoms with Crippen LogP contribution >= 0.6 is 11.8 Å². The monoisotopic (exact) mass is 252 g/mol. The first-order valence-electron chi connectivity index (χ1n) is 6.23. The lowest BCUT2D eigenvalue weighted by molar-refractivity contribution is 0.137. The van der Waals surface area contributed by atoms with Crippen LogP contribution in [0, 0.1) is 0 Å². The van der Waals surface area contributed by atoms with Crippen molar-refractivity contribution in [3.05, 3.63) is 29.8 Å². The second kappa shape index (κ2) is 6.31. The van der Waals surface area contributed by atoms with E-state index in [-0.39, 0.29) is 6.10 Å². The summed E-state index contributed by atoms with van der Waals surface area (Å²) in [4.78, 5) is 0. The molecule has 0 spiro atoms. The number of aliphatic hydroxyl groups excluding tert-OH is 1. The second-order valence-electron chi connectivity index (χ2n) is 4.51. The molecule has 1 aromatic carbocycles.